The van der Waals surface area contributed by atoms with Gasteiger partial charge in [-0.3, -0.25) is 9.59 Å². The van der Waals surface area contributed by atoms with Gasteiger partial charge < -0.3 is 19.9 Å². The van der Waals surface area contributed by atoms with Crippen molar-refractivity contribution in [3.8, 4) is 0 Å². The van der Waals surface area contributed by atoms with Gasteiger partial charge in [-0.05, 0) is 6.92 Å². The highest BCUT2D eigenvalue weighted by Crippen LogP contribution is 2.34. The third kappa shape index (κ3) is 7.03. The van der Waals surface area contributed by atoms with Crippen molar-refractivity contribution in [2.24, 2.45) is 0 Å². The van der Waals surface area contributed by atoms with Gasteiger partial charge in [-0.25, -0.2) is 5.10 Å². The topological polar surface area (TPSA) is 116 Å². The van der Waals surface area contributed by atoms with Crippen LogP contribution in [0.1, 0.15) is 23.9 Å². The van der Waals surface area contributed by atoms with Crippen LogP contribution >= 0.6 is 11.3 Å². The third-order valence-electron chi connectivity index (χ3n) is 4.93. The molecule has 0 aliphatic carbocycles. The fourth-order valence-electron chi connectivity index (χ4n) is 3.28. The smallest absolute Gasteiger partial charge is 0.379 e. The number of alkyl halides is 6. The van der Waals surface area contributed by atoms with Crippen molar-refractivity contribution in [3.63, 3.8) is 0 Å². The summed E-state index contributed by atoms with van der Waals surface area (Å²) in [5.74, 6) is -0.225. The summed E-state index contributed by atoms with van der Waals surface area (Å²) < 4.78 is 82.7. The molecule has 1 atom stereocenters. The van der Waals surface area contributed by atoms with Gasteiger partial charge in [-0.1, -0.05) is 11.3 Å². The van der Waals surface area contributed by atoms with E-state index in [0.717, 1.165) is 6.20 Å². The third-order valence-corrected chi connectivity index (χ3v) is 5.96. The molecule has 35 heavy (non-hydrogen) atoms. The molecule has 0 spiro atoms. The summed E-state index contributed by atoms with van der Waals surface area (Å²) in [6, 6.07) is -0.619. The number of aromatic nitrogens is 4. The predicted octanol–water partition coefficient (Wildman–Crippen LogP) is 2.21. The monoisotopic (exact) mass is 529 g/mol. The zero-order valence-electron chi connectivity index (χ0n) is 18.2. The van der Waals surface area contributed by atoms with Gasteiger partial charge in [0.25, 0.3) is 5.56 Å². The zero-order valence-corrected chi connectivity index (χ0v) is 19.1. The second kappa shape index (κ2) is 10.8. The molecule has 0 aromatic carbocycles. The molecule has 1 unspecified atom stereocenters. The van der Waals surface area contributed by atoms with Gasteiger partial charge in [-0.15, -0.1) is 10.2 Å². The Bertz CT molecular complexity index is 1070. The van der Waals surface area contributed by atoms with Crippen molar-refractivity contribution in [1.29, 1.82) is 0 Å². The number of anilines is 2. The minimum Gasteiger partial charge on any atom is -0.379 e. The van der Waals surface area contributed by atoms with Crippen molar-refractivity contribution in [1.82, 2.24) is 25.3 Å². The molecule has 194 valence electrons. The van der Waals surface area contributed by atoms with Crippen LogP contribution in [-0.2, 0) is 21.9 Å². The van der Waals surface area contributed by atoms with Gasteiger partial charge in [0.2, 0.25) is 16.0 Å². The number of rotatable bonds is 8. The van der Waals surface area contributed by atoms with Gasteiger partial charge in [0.15, 0.2) is 0 Å². The SMILES string of the molecule is CC(COCCC(=O)N1CCN(c2nnc(C(F)(F)F)s2)CC1)Nc1cn[nH]c(=O)c1C(F)(F)F. The van der Waals surface area contributed by atoms with Crippen LogP contribution in [0.3, 0.4) is 0 Å². The summed E-state index contributed by atoms with van der Waals surface area (Å²) in [5.41, 5.74) is -3.24. The van der Waals surface area contributed by atoms with E-state index >= 15 is 0 Å². The molecule has 2 aromatic rings. The van der Waals surface area contributed by atoms with E-state index in [1.165, 1.54) is 0 Å². The van der Waals surface area contributed by atoms with Gasteiger partial charge in [0.1, 0.15) is 5.56 Å². The maximum atomic E-state index is 13.1. The highest BCUT2D eigenvalue weighted by atomic mass is 32.1. The molecule has 2 N–H and O–H groups in total. The molecule has 0 bridgehead atoms. The van der Waals surface area contributed by atoms with E-state index in [4.69, 9.17) is 4.74 Å². The lowest BCUT2D eigenvalue weighted by atomic mass is 10.2. The number of H-pyrrole nitrogens is 1. The van der Waals surface area contributed by atoms with E-state index in [2.05, 4.69) is 20.6 Å². The Hall–Kier alpha value is -2.95. The van der Waals surface area contributed by atoms with E-state index in [-0.39, 0.29) is 43.8 Å². The van der Waals surface area contributed by atoms with E-state index in [1.54, 1.807) is 21.8 Å². The molecular formula is C18H21F6N7O3S. The van der Waals surface area contributed by atoms with Gasteiger partial charge in [0, 0.05) is 32.2 Å². The highest BCUT2D eigenvalue weighted by Gasteiger charge is 2.38. The summed E-state index contributed by atoms with van der Waals surface area (Å²) in [4.78, 5) is 27.0. The molecule has 3 rings (SSSR count). The number of piperazine rings is 1. The van der Waals surface area contributed by atoms with Crippen LogP contribution in [0.4, 0.5) is 37.2 Å². The molecule has 1 amide bonds. The van der Waals surface area contributed by atoms with Crippen LogP contribution in [-0.4, -0.2) is 76.6 Å². The van der Waals surface area contributed by atoms with Crippen LogP contribution < -0.4 is 15.8 Å². The summed E-state index contributed by atoms with van der Waals surface area (Å²) in [5, 5.41) is 13.5. The predicted molar refractivity (Wildman–Crippen MR) is 112 cm³/mol. The summed E-state index contributed by atoms with van der Waals surface area (Å²) >= 11 is 0.443. The maximum absolute atomic E-state index is 13.1. The zero-order chi connectivity index (χ0) is 25.8. The number of amides is 1. The molecule has 17 heteroatoms. The summed E-state index contributed by atoms with van der Waals surface area (Å²) in [6.45, 7) is 2.68. The van der Waals surface area contributed by atoms with Crippen molar-refractivity contribution < 1.29 is 35.9 Å². The van der Waals surface area contributed by atoms with Crippen molar-refractivity contribution in [2.75, 3.05) is 49.6 Å². The summed E-state index contributed by atoms with van der Waals surface area (Å²) in [6.07, 6.45) is -8.55. The fraction of sp³-hybridized carbons (Fsp3) is 0.611. The maximum Gasteiger partial charge on any atom is 0.445 e. The van der Waals surface area contributed by atoms with E-state index < -0.39 is 40.2 Å². The first-order chi connectivity index (χ1) is 16.4. The molecule has 3 heterocycles. The summed E-state index contributed by atoms with van der Waals surface area (Å²) in [7, 11) is 0. The molecule has 0 saturated carbocycles. The fourth-order valence-corrected chi connectivity index (χ4v) is 4.04. The molecule has 1 aliphatic rings. The number of nitrogens with zero attached hydrogens (tertiary/aromatic N) is 5. The Morgan fingerprint density at radius 1 is 1.17 bits per heavy atom. The van der Waals surface area contributed by atoms with E-state index in [0.29, 0.717) is 24.4 Å². The Kier molecular flexibility index (Phi) is 8.19. The van der Waals surface area contributed by atoms with Crippen LogP contribution in [0.5, 0.6) is 0 Å². The number of hydrogen-bond acceptors (Lipinski definition) is 9. The number of aromatic amines is 1. The number of carbonyl (C=O) groups excluding carboxylic acids is 1. The standard InChI is InChI=1S/C18H21F6N7O3S/c1-10(26-11-8-25-27-14(33)13(11)17(19,20)21)9-34-7-2-12(32)30-3-5-31(6-4-30)16-29-28-15(35-16)18(22,23)24/h8,10H,2-7,9H2,1H3,(H2,26,27,33). The Balaban J connectivity index is 1.40. The number of hydrogen-bond donors (Lipinski definition) is 2. The second-order valence-electron chi connectivity index (χ2n) is 7.61. The number of halogens is 6. The number of carbonyl (C=O) groups is 1. The molecule has 10 nitrogen and oxygen atoms in total. The molecular weight excluding hydrogens is 508 g/mol. The quantitative estimate of drug-likeness (QED) is 0.395. The minimum atomic E-state index is -4.87. The Labute approximate surface area is 198 Å². The van der Waals surface area contributed by atoms with Crippen molar-refractivity contribution >= 4 is 28.1 Å². The molecule has 0 radical (unpaired) electrons. The first kappa shape index (κ1) is 26.7. The van der Waals surface area contributed by atoms with Gasteiger partial charge >= 0.3 is 12.4 Å². The van der Waals surface area contributed by atoms with Crippen LogP contribution in [0.25, 0.3) is 0 Å². The number of ether oxygens (including phenoxy) is 1. The highest BCUT2D eigenvalue weighted by molar-refractivity contribution is 7.15. The first-order valence-electron chi connectivity index (χ1n) is 10.3. The van der Waals surface area contributed by atoms with E-state index in [1.807, 2.05) is 0 Å². The second-order valence-corrected chi connectivity index (χ2v) is 8.57. The average molecular weight is 529 g/mol. The Morgan fingerprint density at radius 2 is 1.86 bits per heavy atom. The largest absolute Gasteiger partial charge is 0.445 e. The van der Waals surface area contributed by atoms with Crippen LogP contribution in [0.2, 0.25) is 0 Å². The first-order valence-corrected chi connectivity index (χ1v) is 11.1. The minimum absolute atomic E-state index is 0.0101. The normalized spacial score (nSPS) is 15.9. The van der Waals surface area contributed by atoms with Crippen LogP contribution in [0.15, 0.2) is 11.0 Å². The molecule has 1 saturated heterocycles. The molecule has 1 aliphatic heterocycles. The average Bonchev–Trinajstić information content (AvgIpc) is 3.27. The lowest BCUT2D eigenvalue weighted by Gasteiger charge is -2.34. The molecule has 2 aromatic heterocycles. The van der Waals surface area contributed by atoms with Gasteiger partial charge in [0.05, 0.1) is 31.5 Å². The Morgan fingerprint density at radius 3 is 2.46 bits per heavy atom. The van der Waals surface area contributed by atoms with E-state index in [9.17, 15) is 35.9 Å². The number of nitrogens with one attached hydrogen (secondary N) is 2. The van der Waals surface area contributed by atoms with Crippen molar-refractivity contribution in [2.45, 2.75) is 31.7 Å². The lowest BCUT2D eigenvalue weighted by Crippen LogP contribution is -2.49. The molecule has 1 fully saturated rings. The van der Waals surface area contributed by atoms with Gasteiger partial charge in [-0.2, -0.15) is 31.4 Å². The van der Waals surface area contributed by atoms with Crippen LogP contribution in [0, 0.1) is 0 Å². The lowest BCUT2D eigenvalue weighted by molar-refractivity contribution is -0.139. The van der Waals surface area contributed by atoms with Crippen molar-refractivity contribution in [3.05, 3.63) is 27.1 Å².